The third kappa shape index (κ3) is 4.96. The van der Waals surface area contributed by atoms with Crippen molar-refractivity contribution in [3.63, 3.8) is 0 Å². The summed E-state index contributed by atoms with van der Waals surface area (Å²) in [5.74, 6) is 1.90. The first-order chi connectivity index (χ1) is 25.3. The quantitative estimate of drug-likeness (QED) is 0.186. The van der Waals surface area contributed by atoms with E-state index in [1.54, 1.807) is 0 Å². The first kappa shape index (κ1) is 29.0. The van der Waals surface area contributed by atoms with Crippen molar-refractivity contribution in [2.75, 3.05) is 0 Å². The van der Waals surface area contributed by atoms with E-state index in [-0.39, 0.29) is 0 Å². The number of benzene rings is 8. The number of fused-ring (bicyclic) bond motifs is 5. The zero-order valence-corrected chi connectivity index (χ0v) is 27.5. The van der Waals surface area contributed by atoms with E-state index in [2.05, 4.69) is 121 Å². The molecule has 0 unspecified atom stereocenters. The van der Waals surface area contributed by atoms with Crippen molar-refractivity contribution >= 4 is 43.5 Å². The molecule has 2 aromatic heterocycles. The molecule has 4 heteroatoms. The van der Waals surface area contributed by atoms with Crippen LogP contribution in [0.4, 0.5) is 0 Å². The molecule has 0 aliphatic heterocycles. The van der Waals surface area contributed by atoms with Crippen molar-refractivity contribution in [2.45, 2.75) is 0 Å². The molecule has 2 heterocycles. The second-order valence-electron chi connectivity index (χ2n) is 12.8. The molecule has 4 nitrogen and oxygen atoms in total. The lowest BCUT2D eigenvalue weighted by molar-refractivity contribution is 0.669. The lowest BCUT2D eigenvalue weighted by atomic mass is 9.92. The molecule has 0 N–H and O–H groups in total. The van der Waals surface area contributed by atoms with Crippen molar-refractivity contribution < 1.29 is 4.42 Å². The standard InChI is InChI=1S/C47H29N3O/c1-2-13-32(14-3-1)45-48-46(33-28-26-31(27-29-33)35-18-11-25-43-44(35)41-17-6-7-24-42(41)51-43)50-47(49-45)40-23-10-21-38-37(20-9-22-39(38)40)36-19-8-15-30-12-4-5-16-34(30)36/h1-29H. The monoisotopic (exact) mass is 651 g/mol. The summed E-state index contributed by atoms with van der Waals surface area (Å²) < 4.78 is 6.17. The fourth-order valence-electron chi connectivity index (χ4n) is 7.36. The molecule has 0 bridgehead atoms. The van der Waals surface area contributed by atoms with Gasteiger partial charge in [0.05, 0.1) is 0 Å². The van der Waals surface area contributed by atoms with Gasteiger partial charge in [0.1, 0.15) is 11.2 Å². The molecule has 10 aromatic rings. The van der Waals surface area contributed by atoms with Gasteiger partial charge in [-0.25, -0.2) is 15.0 Å². The minimum atomic E-state index is 0.625. The van der Waals surface area contributed by atoms with Gasteiger partial charge in [-0.15, -0.1) is 0 Å². The van der Waals surface area contributed by atoms with Gasteiger partial charge in [-0.3, -0.25) is 0 Å². The fourth-order valence-corrected chi connectivity index (χ4v) is 7.36. The van der Waals surface area contributed by atoms with Gasteiger partial charge in [-0.2, -0.15) is 0 Å². The van der Waals surface area contributed by atoms with Gasteiger partial charge >= 0.3 is 0 Å². The molecule has 10 rings (SSSR count). The van der Waals surface area contributed by atoms with Crippen LogP contribution < -0.4 is 0 Å². The van der Waals surface area contributed by atoms with Crippen molar-refractivity contribution in [3.05, 3.63) is 176 Å². The smallest absolute Gasteiger partial charge is 0.164 e. The number of nitrogens with zero attached hydrogens (tertiary/aromatic N) is 3. The summed E-state index contributed by atoms with van der Waals surface area (Å²) in [4.78, 5) is 15.3. The van der Waals surface area contributed by atoms with E-state index in [4.69, 9.17) is 19.4 Å². The number of rotatable bonds is 5. The molecule has 238 valence electrons. The molecule has 0 aliphatic carbocycles. The molecule has 0 amide bonds. The highest BCUT2D eigenvalue weighted by atomic mass is 16.3. The lowest BCUT2D eigenvalue weighted by Gasteiger charge is -2.14. The van der Waals surface area contributed by atoms with Crippen LogP contribution in [-0.2, 0) is 0 Å². The van der Waals surface area contributed by atoms with Crippen molar-refractivity contribution in [1.82, 2.24) is 15.0 Å². The molecular weight excluding hydrogens is 623 g/mol. The molecule has 0 spiro atoms. The molecule has 8 aromatic carbocycles. The third-order valence-electron chi connectivity index (χ3n) is 9.77. The van der Waals surface area contributed by atoms with E-state index in [1.807, 2.05) is 54.6 Å². The average Bonchev–Trinajstić information content (AvgIpc) is 3.59. The molecule has 0 saturated carbocycles. The molecular formula is C47H29N3O. The van der Waals surface area contributed by atoms with Crippen LogP contribution in [0.1, 0.15) is 0 Å². The first-order valence-corrected chi connectivity index (χ1v) is 17.1. The Morgan fingerprint density at radius 1 is 0.294 bits per heavy atom. The Morgan fingerprint density at radius 2 is 0.784 bits per heavy atom. The number of aromatic nitrogens is 3. The summed E-state index contributed by atoms with van der Waals surface area (Å²) in [5, 5.41) is 6.93. The van der Waals surface area contributed by atoms with Gasteiger partial charge in [0.15, 0.2) is 17.5 Å². The van der Waals surface area contributed by atoms with Crippen LogP contribution >= 0.6 is 0 Å². The maximum atomic E-state index is 6.17. The summed E-state index contributed by atoms with van der Waals surface area (Å²) in [5.41, 5.74) is 9.20. The van der Waals surface area contributed by atoms with E-state index in [9.17, 15) is 0 Å². The van der Waals surface area contributed by atoms with Crippen molar-refractivity contribution in [1.29, 1.82) is 0 Å². The zero-order chi connectivity index (χ0) is 33.7. The summed E-state index contributed by atoms with van der Waals surface area (Å²) in [6.45, 7) is 0. The molecule has 0 aliphatic rings. The Kier molecular flexibility index (Phi) is 6.78. The van der Waals surface area contributed by atoms with Crippen LogP contribution in [0.5, 0.6) is 0 Å². The Labute approximate surface area is 294 Å². The first-order valence-electron chi connectivity index (χ1n) is 17.1. The van der Waals surface area contributed by atoms with Gasteiger partial charge in [-0.05, 0) is 55.9 Å². The molecule has 0 saturated heterocycles. The minimum Gasteiger partial charge on any atom is -0.456 e. The third-order valence-corrected chi connectivity index (χ3v) is 9.77. The molecule has 51 heavy (non-hydrogen) atoms. The van der Waals surface area contributed by atoms with Crippen LogP contribution in [0, 0.1) is 0 Å². The van der Waals surface area contributed by atoms with Crippen molar-refractivity contribution in [3.8, 4) is 56.4 Å². The predicted molar refractivity (Wildman–Crippen MR) is 209 cm³/mol. The summed E-state index contributed by atoms with van der Waals surface area (Å²) in [6, 6.07) is 61.0. The second kappa shape index (κ2) is 11.9. The average molecular weight is 652 g/mol. The Bertz CT molecular complexity index is 2900. The van der Waals surface area contributed by atoms with Crippen LogP contribution in [0.2, 0.25) is 0 Å². The maximum Gasteiger partial charge on any atom is 0.164 e. The topological polar surface area (TPSA) is 51.8 Å². The largest absolute Gasteiger partial charge is 0.456 e. The van der Waals surface area contributed by atoms with Crippen molar-refractivity contribution in [2.24, 2.45) is 0 Å². The van der Waals surface area contributed by atoms with Crippen LogP contribution in [-0.4, -0.2) is 15.0 Å². The highest BCUT2D eigenvalue weighted by Crippen LogP contribution is 2.39. The predicted octanol–water partition coefficient (Wildman–Crippen LogP) is 12.4. The van der Waals surface area contributed by atoms with E-state index in [0.717, 1.165) is 60.5 Å². The van der Waals surface area contributed by atoms with E-state index in [0.29, 0.717) is 17.5 Å². The summed E-state index contributed by atoms with van der Waals surface area (Å²) in [6.07, 6.45) is 0. The van der Waals surface area contributed by atoms with Gasteiger partial charge < -0.3 is 4.42 Å². The van der Waals surface area contributed by atoms with E-state index in [1.165, 1.54) is 21.9 Å². The number of para-hydroxylation sites is 1. The second-order valence-corrected chi connectivity index (χ2v) is 12.8. The normalized spacial score (nSPS) is 11.5. The highest BCUT2D eigenvalue weighted by Gasteiger charge is 2.17. The Balaban J connectivity index is 1.12. The lowest BCUT2D eigenvalue weighted by Crippen LogP contribution is -2.00. The van der Waals surface area contributed by atoms with E-state index >= 15 is 0 Å². The van der Waals surface area contributed by atoms with Gasteiger partial charge in [0.2, 0.25) is 0 Å². The van der Waals surface area contributed by atoms with Gasteiger partial charge in [-0.1, -0.05) is 164 Å². The fraction of sp³-hybridized carbons (Fsp3) is 0. The molecule has 0 fully saturated rings. The Morgan fingerprint density at radius 3 is 1.59 bits per heavy atom. The summed E-state index contributed by atoms with van der Waals surface area (Å²) >= 11 is 0. The maximum absolute atomic E-state index is 6.17. The zero-order valence-electron chi connectivity index (χ0n) is 27.5. The van der Waals surface area contributed by atoms with Gasteiger partial charge in [0, 0.05) is 27.5 Å². The number of hydrogen-bond donors (Lipinski definition) is 0. The highest BCUT2D eigenvalue weighted by molar-refractivity contribution is 6.12. The number of hydrogen-bond acceptors (Lipinski definition) is 4. The number of furan rings is 1. The molecule has 0 radical (unpaired) electrons. The van der Waals surface area contributed by atoms with E-state index < -0.39 is 0 Å². The van der Waals surface area contributed by atoms with Crippen LogP contribution in [0.15, 0.2) is 180 Å². The SMILES string of the molecule is c1ccc(-c2nc(-c3ccc(-c4cccc5oc6ccccc6c45)cc3)nc(-c3cccc4c(-c5cccc6ccccc56)cccc34)n2)cc1. The van der Waals surface area contributed by atoms with Gasteiger partial charge in [0.25, 0.3) is 0 Å². The van der Waals surface area contributed by atoms with Crippen LogP contribution in [0.3, 0.4) is 0 Å². The summed E-state index contributed by atoms with van der Waals surface area (Å²) in [7, 11) is 0. The molecule has 0 atom stereocenters. The minimum absolute atomic E-state index is 0.625. The van der Waals surface area contributed by atoms with Crippen LogP contribution in [0.25, 0.3) is 99.9 Å². The Hall–Kier alpha value is -6.91.